The molecule has 4 atom stereocenters. The van der Waals surface area contributed by atoms with Crippen molar-refractivity contribution in [2.75, 3.05) is 19.6 Å². The smallest absolute Gasteiger partial charge is 0.352 e. The number of nitrogens with zero attached hydrogens (tertiary/aromatic N) is 5. The average Bonchev–Trinajstić information content (AvgIpc) is 3.33. The molecule has 3 aliphatic heterocycles. The maximum Gasteiger partial charge on any atom is 0.352 e. The minimum absolute atomic E-state index is 0.0120. The number of benzene rings is 1. The molecule has 7 amide bonds. The lowest BCUT2D eigenvalue weighted by Crippen LogP contribution is -2.56. The molecule has 19 nitrogen and oxygen atoms in total. The highest BCUT2D eigenvalue weighted by molar-refractivity contribution is 6.40. The lowest BCUT2D eigenvalue weighted by atomic mass is 10.0. The first-order valence-electron chi connectivity index (χ1n) is 23.1. The van der Waals surface area contributed by atoms with Crippen LogP contribution in [0, 0.1) is 11.8 Å². The van der Waals surface area contributed by atoms with Gasteiger partial charge in [-0.1, -0.05) is 51.4 Å². The van der Waals surface area contributed by atoms with Crippen LogP contribution in [-0.2, 0) is 35.2 Å². The quantitative estimate of drug-likeness (QED) is 0.0887. The summed E-state index contributed by atoms with van der Waals surface area (Å²) in [6, 6.07) is 5.00. The Bertz CT molecular complexity index is 2550. The molecule has 0 aliphatic carbocycles. The van der Waals surface area contributed by atoms with Crippen LogP contribution in [0.4, 0.5) is 0 Å². The van der Waals surface area contributed by atoms with Crippen LogP contribution in [-0.4, -0.2) is 123 Å². The molecule has 0 fully saturated rings. The highest BCUT2D eigenvalue weighted by Crippen LogP contribution is 2.20. The molecule has 0 radical (unpaired) electrons. The number of hydrogen-bond acceptors (Lipinski definition) is 11. The minimum Gasteiger partial charge on any atom is -0.508 e. The van der Waals surface area contributed by atoms with Crippen molar-refractivity contribution in [2.45, 2.75) is 85.0 Å². The number of carbonyl (C=O) groups is 7. The molecule has 1 aromatic carbocycles. The summed E-state index contributed by atoms with van der Waals surface area (Å²) in [7, 11) is 0. The van der Waals surface area contributed by atoms with E-state index in [1.807, 2.05) is 50.6 Å². The molecule has 19 heteroatoms. The Hall–Kier alpha value is -8.18. The van der Waals surface area contributed by atoms with Crippen LogP contribution in [0.2, 0.25) is 0 Å². The van der Waals surface area contributed by atoms with Gasteiger partial charge in [0, 0.05) is 50.0 Å². The molecule has 0 saturated carbocycles. The maximum absolute atomic E-state index is 13.6. The van der Waals surface area contributed by atoms with Crippen LogP contribution in [0.25, 0.3) is 0 Å². The van der Waals surface area contributed by atoms with Crippen molar-refractivity contribution < 1.29 is 38.7 Å². The second-order valence-electron chi connectivity index (χ2n) is 17.7. The molecule has 0 saturated heterocycles. The number of phenols is 1. The fourth-order valence-corrected chi connectivity index (χ4v) is 7.20. The van der Waals surface area contributed by atoms with E-state index in [1.165, 1.54) is 30.6 Å². The van der Waals surface area contributed by atoms with Crippen LogP contribution in [0.1, 0.15) is 76.0 Å². The summed E-state index contributed by atoms with van der Waals surface area (Å²) in [6.45, 7) is 11.4. The standard InChI is InChI=1S/C51H61N11O8/c1-7-20-61-21-16-35(17-22-61)36-18-23-62(24-19-36)30-45(65)56-33(6)47(66)58-42(25-31(2)3)50(69)57-38-11-15-41(54-28-38)40-14-10-37(27-53-40)48(67)60-46(32(4)5)51(70)59-43(49(68)55-29-44(52)64)26-34-8-12-39(63)13-9-34/h8-19,21-24,27-28,31-33,42-43,46H,7,20,25-26,29-30H2,1-6H3,(H7-,52,55,56,58,59,60,63,64,65,66,67,68,70)/p+1/t33-,42-,43-,46-/m0/s1. The summed E-state index contributed by atoms with van der Waals surface area (Å²) in [5.41, 5.74) is 9.05. The Balaban J connectivity index is 1.15. The maximum atomic E-state index is 13.6. The van der Waals surface area contributed by atoms with Gasteiger partial charge in [-0.05, 0) is 103 Å². The molecule has 368 valence electrons. The topological polar surface area (TPSA) is 272 Å². The third-order valence-corrected chi connectivity index (χ3v) is 11.0. The fraction of sp³-hybridized carbons (Fsp3) is 0.353. The number of rotatable bonds is 21. The van der Waals surface area contributed by atoms with Crippen molar-refractivity contribution >= 4 is 59.0 Å². The second kappa shape index (κ2) is 25.3. The molecule has 0 bridgehead atoms. The molecular weight excluding hydrogens is 895 g/mol. The van der Waals surface area contributed by atoms with Crippen LogP contribution in [0.5, 0.6) is 5.75 Å². The van der Waals surface area contributed by atoms with Crippen LogP contribution >= 0.6 is 0 Å². The number of phenolic OH excluding ortho intramolecular Hbond substituents is 1. The second-order valence-corrected chi connectivity index (χ2v) is 17.7. The van der Waals surface area contributed by atoms with Gasteiger partial charge in [0.2, 0.25) is 29.5 Å². The van der Waals surface area contributed by atoms with E-state index in [0.717, 1.165) is 24.1 Å². The van der Waals surface area contributed by atoms with Gasteiger partial charge in [-0.3, -0.25) is 33.6 Å². The lowest BCUT2D eigenvalue weighted by molar-refractivity contribution is -0.131. The first-order valence-corrected chi connectivity index (χ1v) is 23.1. The minimum atomic E-state index is -1.14. The van der Waals surface area contributed by atoms with Gasteiger partial charge in [0.05, 0.1) is 12.1 Å². The van der Waals surface area contributed by atoms with Gasteiger partial charge in [0.25, 0.3) is 11.8 Å². The molecule has 5 rings (SSSR count). The summed E-state index contributed by atoms with van der Waals surface area (Å²) in [4.78, 5) is 103. The van der Waals surface area contributed by atoms with Crippen LogP contribution < -0.4 is 37.0 Å². The molecule has 1 aromatic heterocycles. The molecule has 70 heavy (non-hydrogen) atoms. The molecule has 0 spiro atoms. The zero-order valence-electron chi connectivity index (χ0n) is 40.2. The normalized spacial score (nSPS) is 16.2. The lowest BCUT2D eigenvalue weighted by Gasteiger charge is -2.25. The number of aromatic nitrogens is 1. The van der Waals surface area contributed by atoms with Crippen molar-refractivity contribution in [1.29, 1.82) is 0 Å². The number of amides is 7. The van der Waals surface area contributed by atoms with Crippen LogP contribution in [0.3, 0.4) is 0 Å². The number of pyridine rings is 1. The van der Waals surface area contributed by atoms with Gasteiger partial charge in [-0.25, -0.2) is 9.98 Å². The summed E-state index contributed by atoms with van der Waals surface area (Å²) >= 11 is 0. The van der Waals surface area contributed by atoms with Gasteiger partial charge >= 0.3 is 11.9 Å². The van der Waals surface area contributed by atoms with Gasteiger partial charge in [0.15, 0.2) is 5.69 Å². The predicted octanol–water partition coefficient (Wildman–Crippen LogP) is 1.76. The van der Waals surface area contributed by atoms with E-state index >= 15 is 0 Å². The zero-order chi connectivity index (χ0) is 50.9. The molecule has 4 heterocycles. The van der Waals surface area contributed by atoms with E-state index in [9.17, 15) is 38.7 Å². The first-order chi connectivity index (χ1) is 33.4. The molecule has 0 unspecified atom stereocenters. The summed E-state index contributed by atoms with van der Waals surface area (Å²) in [5.74, 6) is -4.56. The fourth-order valence-electron chi connectivity index (χ4n) is 7.20. The highest BCUT2D eigenvalue weighted by Gasteiger charge is 2.31. The van der Waals surface area contributed by atoms with E-state index < -0.39 is 72.1 Å². The molecule has 2 aromatic rings. The first kappa shape index (κ1) is 52.8. The Morgan fingerprint density at radius 1 is 0.757 bits per heavy atom. The van der Waals surface area contributed by atoms with E-state index in [1.54, 1.807) is 68.4 Å². The molecule has 8 N–H and O–H groups in total. The number of nitrogens with one attached hydrogen (secondary N) is 5. The highest BCUT2D eigenvalue weighted by atomic mass is 16.3. The van der Waals surface area contributed by atoms with Gasteiger partial charge in [0.1, 0.15) is 42.2 Å². The SMILES string of the molecule is CCCN1C=CC(=C2C=CN(CC(=O)N[C@@H](C)C(=O)N[C@@H](CC(C)C)C(=O)N=C3C=CC(c4ccc(C(=O)N[C@H](C(=O)N[C@@H](Cc5ccc(O)cc5)C(=O)NCC(N)=O)C(C)C)cn4)=[N+]=C3)C=C2)C=C1. The van der Waals surface area contributed by atoms with Crippen molar-refractivity contribution in [2.24, 2.45) is 22.6 Å². The number of nitrogens with two attached hydrogens (primary N) is 1. The van der Waals surface area contributed by atoms with Gasteiger partial charge in [-0.15, -0.1) is 0 Å². The number of carbonyl (C=O) groups excluding carboxylic acids is 7. The van der Waals surface area contributed by atoms with E-state index in [2.05, 4.69) is 53.1 Å². The van der Waals surface area contributed by atoms with E-state index in [0.29, 0.717) is 23.4 Å². The monoisotopic (exact) mass is 956 g/mol. The number of aliphatic imine (C=N–C) groups is 1. The van der Waals surface area contributed by atoms with Crippen molar-refractivity contribution in [3.8, 4) is 5.75 Å². The summed E-state index contributed by atoms with van der Waals surface area (Å²) in [5, 5.41) is 22.9. The van der Waals surface area contributed by atoms with E-state index in [4.69, 9.17) is 5.73 Å². The number of hydrogen-bond donors (Lipinski definition) is 7. The van der Waals surface area contributed by atoms with E-state index in [-0.39, 0.29) is 41.8 Å². The van der Waals surface area contributed by atoms with Crippen molar-refractivity contribution in [3.63, 3.8) is 0 Å². The molecule has 3 aliphatic rings. The zero-order valence-corrected chi connectivity index (χ0v) is 40.2. The predicted molar refractivity (Wildman–Crippen MR) is 266 cm³/mol. The van der Waals surface area contributed by atoms with Crippen molar-refractivity contribution in [1.82, 2.24) is 46.0 Å². The third kappa shape index (κ3) is 16.0. The summed E-state index contributed by atoms with van der Waals surface area (Å²) < 4.78 is 4.41. The Kier molecular flexibility index (Phi) is 19.0. The van der Waals surface area contributed by atoms with Crippen molar-refractivity contribution in [3.05, 3.63) is 132 Å². The molecular formula is C51H62N11O8+. The number of allylic oxidation sites excluding steroid dienone is 8. The Labute approximate surface area is 407 Å². The number of primary amides is 1. The largest absolute Gasteiger partial charge is 0.508 e. The van der Waals surface area contributed by atoms with Gasteiger partial charge < -0.3 is 47.2 Å². The Morgan fingerprint density at radius 2 is 1.40 bits per heavy atom. The third-order valence-electron chi connectivity index (χ3n) is 11.0. The van der Waals surface area contributed by atoms with Crippen LogP contribution in [0.15, 0.2) is 120 Å². The average molecular weight is 957 g/mol. The summed E-state index contributed by atoms with van der Waals surface area (Å²) in [6.07, 6.45) is 22.9. The Morgan fingerprint density at radius 3 is 1.96 bits per heavy atom. The number of aromatic hydroxyl groups is 1. The van der Waals surface area contributed by atoms with Gasteiger partial charge in [-0.2, -0.15) is 0 Å².